The Bertz CT molecular complexity index is 623. The number of hydrogen-bond donors (Lipinski definition) is 0. The minimum atomic E-state index is -0.286. The summed E-state index contributed by atoms with van der Waals surface area (Å²) in [6, 6.07) is 8.01. The fraction of sp³-hybridized carbons (Fsp3) is 0.455. The van der Waals surface area contributed by atoms with Gasteiger partial charge >= 0.3 is 5.97 Å². The predicted molar refractivity (Wildman–Crippen MR) is 102 cm³/mol. The predicted octanol–water partition coefficient (Wildman–Crippen LogP) is 4.83. The summed E-state index contributed by atoms with van der Waals surface area (Å²) in [4.78, 5) is 24.7. The molecule has 0 saturated heterocycles. The maximum Gasteiger partial charge on any atom is 0.306 e. The Morgan fingerprint density at radius 2 is 1.84 bits per heavy atom. The largest absolute Gasteiger partial charge is 0.469 e. The van der Waals surface area contributed by atoms with E-state index in [-0.39, 0.29) is 30.0 Å². The molecule has 0 amide bonds. The van der Waals surface area contributed by atoms with Crippen molar-refractivity contribution < 1.29 is 14.3 Å². The number of esters is 1. The van der Waals surface area contributed by atoms with Gasteiger partial charge in [-0.15, -0.1) is 0 Å². The van der Waals surface area contributed by atoms with Crippen molar-refractivity contribution in [1.29, 1.82) is 0 Å². The van der Waals surface area contributed by atoms with Crippen molar-refractivity contribution in [2.45, 2.75) is 47.0 Å². The summed E-state index contributed by atoms with van der Waals surface area (Å²) in [6.45, 7) is 7.94. The van der Waals surface area contributed by atoms with Gasteiger partial charge < -0.3 is 4.74 Å². The summed E-state index contributed by atoms with van der Waals surface area (Å²) in [7, 11) is 1.39. The maximum atomic E-state index is 12.8. The average Bonchev–Trinajstić information content (AvgIpc) is 2.60. The molecule has 136 valence electrons. The standard InChI is InChI=1S/C22H30O3/c1-6-8-19(9-7-2)20(15-22(24)25-5)17(4)21(23)14-18-12-10-16(3)11-13-18/h6,8-13,17,20H,7,14-15H2,1-5H3. The first-order valence-electron chi connectivity index (χ1n) is 8.90. The molecule has 3 heteroatoms. The van der Waals surface area contributed by atoms with Crippen molar-refractivity contribution in [2.75, 3.05) is 7.11 Å². The number of carbonyl (C=O) groups excluding carboxylic acids is 2. The lowest BCUT2D eigenvalue weighted by molar-refractivity contribution is -0.142. The van der Waals surface area contributed by atoms with Crippen LogP contribution < -0.4 is 0 Å². The summed E-state index contributed by atoms with van der Waals surface area (Å²) in [5, 5.41) is 0. The van der Waals surface area contributed by atoms with Crippen molar-refractivity contribution in [1.82, 2.24) is 0 Å². The molecule has 1 rings (SSSR count). The van der Waals surface area contributed by atoms with Crippen LogP contribution in [0.15, 0.2) is 48.1 Å². The molecular weight excluding hydrogens is 312 g/mol. The van der Waals surface area contributed by atoms with Gasteiger partial charge in [0.1, 0.15) is 5.78 Å². The maximum absolute atomic E-state index is 12.8. The highest BCUT2D eigenvalue weighted by Crippen LogP contribution is 2.28. The Morgan fingerprint density at radius 3 is 2.36 bits per heavy atom. The van der Waals surface area contributed by atoms with Crippen molar-refractivity contribution in [3.63, 3.8) is 0 Å². The van der Waals surface area contributed by atoms with Crippen molar-refractivity contribution >= 4 is 11.8 Å². The van der Waals surface area contributed by atoms with Crippen molar-refractivity contribution in [3.8, 4) is 0 Å². The average molecular weight is 342 g/mol. The molecule has 2 atom stereocenters. The van der Waals surface area contributed by atoms with E-state index in [1.165, 1.54) is 12.7 Å². The normalized spacial score (nSPS) is 14.4. The monoisotopic (exact) mass is 342 g/mol. The van der Waals surface area contributed by atoms with E-state index in [1.54, 1.807) is 0 Å². The van der Waals surface area contributed by atoms with Crippen LogP contribution in [0.3, 0.4) is 0 Å². The molecule has 1 aromatic rings. The van der Waals surface area contributed by atoms with E-state index in [2.05, 4.69) is 13.0 Å². The first-order valence-corrected chi connectivity index (χ1v) is 8.90. The van der Waals surface area contributed by atoms with Crippen LogP contribution >= 0.6 is 0 Å². The fourth-order valence-corrected chi connectivity index (χ4v) is 2.91. The Balaban J connectivity index is 3.01. The second-order valence-corrected chi connectivity index (χ2v) is 6.42. The van der Waals surface area contributed by atoms with Gasteiger partial charge in [0, 0.05) is 18.3 Å². The molecule has 0 aromatic heterocycles. The number of benzene rings is 1. The zero-order valence-corrected chi connectivity index (χ0v) is 16.0. The van der Waals surface area contributed by atoms with Gasteiger partial charge in [-0.2, -0.15) is 0 Å². The van der Waals surface area contributed by atoms with E-state index in [0.29, 0.717) is 6.42 Å². The molecule has 0 fully saturated rings. The molecule has 0 bridgehead atoms. The van der Waals surface area contributed by atoms with Crippen LogP contribution in [0.4, 0.5) is 0 Å². The number of rotatable bonds is 9. The number of hydrogen-bond acceptors (Lipinski definition) is 3. The molecule has 0 spiro atoms. The Morgan fingerprint density at radius 1 is 1.20 bits per heavy atom. The van der Waals surface area contributed by atoms with Gasteiger partial charge in [0.25, 0.3) is 0 Å². The van der Waals surface area contributed by atoms with Crippen molar-refractivity contribution in [3.05, 3.63) is 59.2 Å². The lowest BCUT2D eigenvalue weighted by atomic mass is 9.80. The molecular formula is C22H30O3. The van der Waals surface area contributed by atoms with Gasteiger partial charge in [0.2, 0.25) is 0 Å². The van der Waals surface area contributed by atoms with E-state index in [0.717, 1.165) is 17.6 Å². The molecule has 25 heavy (non-hydrogen) atoms. The summed E-state index contributed by atoms with van der Waals surface area (Å²) in [6.07, 6.45) is 7.48. The smallest absolute Gasteiger partial charge is 0.306 e. The molecule has 0 aliphatic rings. The van der Waals surface area contributed by atoms with Crippen LogP contribution in [0, 0.1) is 18.8 Å². The van der Waals surface area contributed by atoms with Crippen LogP contribution in [0.2, 0.25) is 0 Å². The molecule has 0 heterocycles. The molecule has 0 aliphatic heterocycles. The number of methoxy groups -OCH3 is 1. The third-order valence-electron chi connectivity index (χ3n) is 4.45. The molecule has 0 radical (unpaired) electrons. The second kappa shape index (κ2) is 10.7. The number of ether oxygens (including phenoxy) is 1. The summed E-state index contributed by atoms with van der Waals surface area (Å²) in [5.41, 5.74) is 3.21. The number of Topliss-reactive ketones (excluding diaryl/α,β-unsaturated/α-hetero) is 1. The first-order chi connectivity index (χ1) is 11.9. The number of aryl methyl sites for hydroxylation is 1. The lowest BCUT2D eigenvalue weighted by Crippen LogP contribution is -2.26. The minimum Gasteiger partial charge on any atom is -0.469 e. The second-order valence-electron chi connectivity index (χ2n) is 6.42. The molecule has 2 unspecified atom stereocenters. The fourth-order valence-electron chi connectivity index (χ4n) is 2.91. The Hall–Kier alpha value is -2.16. The van der Waals surface area contributed by atoms with E-state index in [4.69, 9.17) is 4.74 Å². The topological polar surface area (TPSA) is 43.4 Å². The zero-order valence-electron chi connectivity index (χ0n) is 16.0. The van der Waals surface area contributed by atoms with Gasteiger partial charge in [0.15, 0.2) is 0 Å². The van der Waals surface area contributed by atoms with Gasteiger partial charge in [-0.25, -0.2) is 0 Å². The Labute approximate surface area is 151 Å². The van der Waals surface area contributed by atoms with Gasteiger partial charge in [-0.1, -0.05) is 61.9 Å². The number of ketones is 1. The van der Waals surface area contributed by atoms with Crippen LogP contribution in [0.1, 0.15) is 44.7 Å². The van der Waals surface area contributed by atoms with Crippen LogP contribution in [-0.2, 0) is 20.7 Å². The van der Waals surface area contributed by atoms with E-state index in [9.17, 15) is 9.59 Å². The van der Waals surface area contributed by atoms with Crippen LogP contribution in [0.25, 0.3) is 0 Å². The number of allylic oxidation sites excluding steroid dienone is 4. The quantitative estimate of drug-likeness (QED) is 0.477. The summed E-state index contributed by atoms with van der Waals surface area (Å²) < 4.78 is 4.85. The highest BCUT2D eigenvalue weighted by molar-refractivity contribution is 5.84. The van der Waals surface area contributed by atoms with Gasteiger partial charge in [0.05, 0.1) is 13.5 Å². The van der Waals surface area contributed by atoms with E-state index >= 15 is 0 Å². The number of carbonyl (C=O) groups is 2. The SMILES string of the molecule is CC=CC(=CCC)C(CC(=O)OC)C(C)C(=O)Cc1ccc(C)cc1. The van der Waals surface area contributed by atoms with E-state index < -0.39 is 0 Å². The zero-order chi connectivity index (χ0) is 18.8. The highest BCUT2D eigenvalue weighted by atomic mass is 16.5. The minimum absolute atomic E-state index is 0.143. The summed E-state index contributed by atoms with van der Waals surface area (Å²) >= 11 is 0. The van der Waals surface area contributed by atoms with Gasteiger partial charge in [-0.05, 0) is 31.4 Å². The summed E-state index contributed by atoms with van der Waals surface area (Å²) in [5.74, 6) is -0.563. The molecule has 3 nitrogen and oxygen atoms in total. The molecule has 0 N–H and O–H groups in total. The molecule has 0 aliphatic carbocycles. The first kappa shape index (κ1) is 20.9. The van der Waals surface area contributed by atoms with Gasteiger partial charge in [-0.3, -0.25) is 9.59 Å². The third kappa shape index (κ3) is 6.69. The van der Waals surface area contributed by atoms with Crippen LogP contribution in [-0.4, -0.2) is 18.9 Å². The van der Waals surface area contributed by atoms with Crippen LogP contribution in [0.5, 0.6) is 0 Å². The lowest BCUT2D eigenvalue weighted by Gasteiger charge is -2.24. The highest BCUT2D eigenvalue weighted by Gasteiger charge is 2.28. The molecule has 0 saturated carbocycles. The Kier molecular flexibility index (Phi) is 8.90. The van der Waals surface area contributed by atoms with Crippen molar-refractivity contribution in [2.24, 2.45) is 11.8 Å². The third-order valence-corrected chi connectivity index (χ3v) is 4.45. The molecule has 1 aromatic carbocycles. The van der Waals surface area contributed by atoms with E-state index in [1.807, 2.05) is 57.2 Å².